The van der Waals surface area contributed by atoms with Crippen LogP contribution in [0.1, 0.15) is 0 Å². The van der Waals surface area contributed by atoms with Gasteiger partial charge in [-0.25, -0.2) is 0 Å². The van der Waals surface area contributed by atoms with Crippen LogP contribution in [0.15, 0.2) is 0 Å². The average Bonchev–Trinajstić information content (AvgIpc) is 1.95. The fourth-order valence-electron chi connectivity index (χ4n) is 0.157. The summed E-state index contributed by atoms with van der Waals surface area (Å²) < 4.78 is 8.49. The lowest BCUT2D eigenvalue weighted by molar-refractivity contribution is 0.385. The Kier molecular flexibility index (Phi) is 10.1. The molecule has 68 valence electrons. The van der Waals surface area contributed by atoms with Gasteiger partial charge in [-0.05, 0) is 0 Å². The highest BCUT2D eigenvalue weighted by molar-refractivity contribution is 8.92. The fraction of sp³-hybridized carbons (Fsp3) is 0. The molecular weight excluding hydrogens is 244 g/mol. The molecule has 12 heavy (non-hydrogen) atoms. The molecule has 6 nitrogen and oxygen atoms in total. The van der Waals surface area contributed by atoms with Gasteiger partial charge in [0.25, 0.3) is 0 Å². The first kappa shape index (κ1) is 13.4. The Morgan fingerprint density at radius 1 is 0.833 bits per heavy atom. The van der Waals surface area contributed by atoms with Gasteiger partial charge < -0.3 is 28.5 Å². The van der Waals surface area contributed by atoms with E-state index in [1.807, 2.05) is 0 Å². The molecule has 0 saturated carbocycles. The smallest absolute Gasteiger partial charge is 0.364 e. The van der Waals surface area contributed by atoms with Gasteiger partial charge in [-0.15, -0.1) is 21.3 Å². The third-order valence-corrected chi connectivity index (χ3v) is 2.55. The Morgan fingerprint density at radius 2 is 1.17 bits per heavy atom. The second-order valence-electron chi connectivity index (χ2n) is 1.10. The number of rotatable bonds is 7. The van der Waals surface area contributed by atoms with Crippen LogP contribution < -0.4 is 0 Å². The van der Waals surface area contributed by atoms with E-state index in [-0.39, 0.29) is 0 Å². The predicted molar refractivity (Wildman–Crippen MR) is 51.6 cm³/mol. The summed E-state index contributed by atoms with van der Waals surface area (Å²) in [5.41, 5.74) is 0. The monoisotopic (exact) mass is 248 g/mol. The van der Waals surface area contributed by atoms with Crippen molar-refractivity contribution in [2.45, 2.75) is 0 Å². The fourth-order valence-corrected chi connectivity index (χ4v) is 2.05. The topological polar surface area (TPSA) is 99.4 Å². The maximum absolute atomic E-state index is 8.22. The molecule has 4 N–H and O–H groups in total. The van der Waals surface area contributed by atoms with E-state index in [0.29, 0.717) is 0 Å². The first-order chi connectivity index (χ1) is 5.63. The van der Waals surface area contributed by atoms with Crippen molar-refractivity contribution in [1.82, 2.24) is 0 Å². The normalized spacial score (nSPS) is 10.8. The van der Waals surface area contributed by atoms with Crippen molar-refractivity contribution >= 4 is 52.0 Å². The molecule has 0 aliphatic heterocycles. The van der Waals surface area contributed by atoms with E-state index in [1.165, 1.54) is 0 Å². The van der Waals surface area contributed by atoms with Gasteiger partial charge in [0, 0.05) is 0 Å². The highest BCUT2D eigenvalue weighted by Crippen LogP contribution is 2.31. The molecule has 0 heterocycles. The molecule has 12 heteroatoms. The predicted octanol–water partition coefficient (Wildman–Crippen LogP) is -0.108. The third-order valence-electron chi connectivity index (χ3n) is 0.409. The van der Waals surface area contributed by atoms with Crippen molar-refractivity contribution < 1.29 is 28.5 Å². The van der Waals surface area contributed by atoms with E-state index in [0.717, 1.165) is 34.8 Å². The van der Waals surface area contributed by atoms with Gasteiger partial charge in [-0.2, -0.15) is 0 Å². The maximum atomic E-state index is 8.22. The largest absolute Gasteiger partial charge is 0.391 e. The van der Waals surface area contributed by atoms with E-state index in [4.69, 9.17) is 19.6 Å². The van der Waals surface area contributed by atoms with Crippen molar-refractivity contribution in [3.8, 4) is 0 Å². The summed E-state index contributed by atoms with van der Waals surface area (Å²) in [4.78, 5) is 32.9. The lowest BCUT2D eigenvalue weighted by Gasteiger charge is -2.01. The van der Waals surface area contributed by atoms with E-state index < -0.39 is 17.2 Å². The van der Waals surface area contributed by atoms with Crippen LogP contribution in [0.5, 0.6) is 0 Å². The zero-order chi connectivity index (χ0) is 9.40. The van der Waals surface area contributed by atoms with Gasteiger partial charge >= 0.3 is 30.7 Å². The quantitative estimate of drug-likeness (QED) is 0.214. The van der Waals surface area contributed by atoms with Crippen molar-refractivity contribution in [3.05, 3.63) is 0 Å². The zero-order valence-corrected chi connectivity index (χ0v) is 8.89. The van der Waals surface area contributed by atoms with Crippen LogP contribution in [0, 0.1) is 0 Å². The molecule has 0 atom stereocenters. The summed E-state index contributed by atoms with van der Waals surface area (Å²) in [5, 5.41) is 0. The van der Waals surface area contributed by atoms with E-state index in [1.54, 1.807) is 0 Å². The highest BCUT2D eigenvalue weighted by atomic mass is 33.1. The molecule has 0 fully saturated rings. The van der Waals surface area contributed by atoms with E-state index in [9.17, 15) is 0 Å². The van der Waals surface area contributed by atoms with Gasteiger partial charge in [0.05, 0.1) is 0 Å². The first-order valence-electron chi connectivity index (χ1n) is 2.27. The van der Waals surface area contributed by atoms with Crippen molar-refractivity contribution in [2.24, 2.45) is 0 Å². The molecule has 0 unspecified atom stereocenters. The summed E-state index contributed by atoms with van der Waals surface area (Å²) in [7, 11) is -2.75. The Labute approximate surface area is 80.8 Å². The molecule has 0 rings (SSSR count). The molecule has 0 aromatic carbocycles. The second kappa shape index (κ2) is 9.02. The van der Waals surface area contributed by atoms with Crippen LogP contribution >= 0.6 is 38.5 Å². The molecule has 0 aromatic rings. The minimum absolute atomic E-state index is 0.997. The van der Waals surface area contributed by atoms with E-state index in [2.05, 4.69) is 8.88 Å². The summed E-state index contributed by atoms with van der Waals surface area (Å²) >= 11 is 0. The molecule has 0 aromatic heterocycles. The van der Waals surface area contributed by atoms with Gasteiger partial charge in [0.1, 0.15) is 0 Å². The lowest BCUT2D eigenvalue weighted by atomic mass is 10.6. The van der Waals surface area contributed by atoms with Crippen molar-refractivity contribution in [1.29, 1.82) is 0 Å². The maximum Gasteiger partial charge on any atom is 0.391 e. The Morgan fingerprint density at radius 3 is 1.42 bits per heavy atom. The highest BCUT2D eigenvalue weighted by Gasteiger charge is 2.05. The molecule has 0 saturated heterocycles. The third kappa shape index (κ3) is 11.4. The Bertz CT molecular complexity index is 91.5. The Balaban J connectivity index is 2.91. The van der Waals surface area contributed by atoms with Crippen LogP contribution in [-0.4, -0.2) is 33.1 Å². The van der Waals surface area contributed by atoms with Gasteiger partial charge in [0.2, 0.25) is 0 Å². The summed E-state index contributed by atoms with van der Waals surface area (Å²) in [5.74, 6) is 0. The summed E-state index contributed by atoms with van der Waals surface area (Å²) in [6.07, 6.45) is 0. The van der Waals surface area contributed by atoms with Crippen LogP contribution in [0.2, 0.25) is 0 Å². The first-order valence-corrected chi connectivity index (χ1v) is 6.88. The molecule has 2 radical (unpaired) electrons. The van der Waals surface area contributed by atoms with Crippen LogP contribution in [0.3, 0.4) is 0 Å². The molecule has 0 aliphatic rings. The van der Waals surface area contributed by atoms with Gasteiger partial charge in [0.15, 0.2) is 0 Å². The zero-order valence-electron chi connectivity index (χ0n) is 5.47. The standard InChI is InChI=1S/B2H4O6P2S2/c3-9(4)7-1-11-12-2-8-10(5)6/h3-6H. The molecule has 0 amide bonds. The molecule has 0 aliphatic carbocycles. The molecular formula is H4B2O6P2S2. The minimum atomic E-state index is -2.37. The van der Waals surface area contributed by atoms with Crippen molar-refractivity contribution in [3.63, 3.8) is 0 Å². The SMILES string of the molecule is OP(O)O[B]SS[B]OP(O)O. The van der Waals surface area contributed by atoms with E-state index >= 15 is 0 Å². The van der Waals surface area contributed by atoms with Gasteiger partial charge in [-0.3, -0.25) is 0 Å². The Hall–Kier alpha value is 1.45. The second-order valence-corrected chi connectivity index (χ2v) is 4.46. The molecule has 0 bridgehead atoms. The van der Waals surface area contributed by atoms with Crippen molar-refractivity contribution in [2.75, 3.05) is 0 Å². The average molecular weight is 248 g/mol. The summed E-state index contributed by atoms with van der Waals surface area (Å²) in [6.45, 7) is 2.18. The minimum Gasteiger partial charge on any atom is -0.364 e. The lowest BCUT2D eigenvalue weighted by Crippen LogP contribution is -1.89. The summed E-state index contributed by atoms with van der Waals surface area (Å²) in [6, 6.07) is 0. The van der Waals surface area contributed by atoms with Gasteiger partial charge in [-0.1, -0.05) is 0 Å². The number of hydrogen-bond donors (Lipinski definition) is 4. The molecule has 0 spiro atoms. The van der Waals surface area contributed by atoms with Crippen LogP contribution in [0.4, 0.5) is 0 Å². The number of hydrogen-bond acceptors (Lipinski definition) is 8. The van der Waals surface area contributed by atoms with Crippen LogP contribution in [0.25, 0.3) is 0 Å². The van der Waals surface area contributed by atoms with Crippen LogP contribution in [-0.2, 0) is 8.88 Å².